The molecule has 0 aromatic heterocycles. The summed E-state index contributed by atoms with van der Waals surface area (Å²) < 4.78 is 0. The summed E-state index contributed by atoms with van der Waals surface area (Å²) >= 11 is 0. The van der Waals surface area contributed by atoms with Gasteiger partial charge in [-0.3, -0.25) is 4.79 Å². The van der Waals surface area contributed by atoms with Crippen molar-refractivity contribution >= 4 is 12.0 Å². The fourth-order valence-corrected chi connectivity index (χ4v) is 2.40. The molecule has 2 aromatic carbocycles. The average Bonchev–Trinajstić information content (AvgIpc) is 2.58. The van der Waals surface area contributed by atoms with E-state index in [1.54, 1.807) is 0 Å². The lowest BCUT2D eigenvalue weighted by Crippen LogP contribution is -2.22. The summed E-state index contributed by atoms with van der Waals surface area (Å²) in [6.07, 6.45) is 4.26. The normalized spacial score (nSPS) is 11.9. The van der Waals surface area contributed by atoms with Crippen molar-refractivity contribution in [2.24, 2.45) is 5.41 Å². The average molecular weight is 335 g/mol. The van der Waals surface area contributed by atoms with Gasteiger partial charge < -0.3 is 5.32 Å². The zero-order chi connectivity index (χ0) is 18.4. The van der Waals surface area contributed by atoms with Gasteiger partial charge in [0.05, 0.1) is 0 Å². The van der Waals surface area contributed by atoms with Crippen LogP contribution in [0.15, 0.2) is 54.6 Å². The van der Waals surface area contributed by atoms with Crippen molar-refractivity contribution < 1.29 is 4.79 Å². The van der Waals surface area contributed by atoms with E-state index in [2.05, 4.69) is 76.4 Å². The highest BCUT2D eigenvalue weighted by molar-refractivity contribution is 5.94. The van der Waals surface area contributed by atoms with Crippen LogP contribution in [0.25, 0.3) is 6.08 Å². The van der Waals surface area contributed by atoms with Crippen molar-refractivity contribution in [1.29, 1.82) is 0 Å². The van der Waals surface area contributed by atoms with Crippen molar-refractivity contribution in [2.75, 3.05) is 0 Å². The predicted octanol–water partition coefficient (Wildman–Crippen LogP) is 5.80. The Hall–Kier alpha value is -2.35. The standard InChI is InChI=1S/C23H29NO/c1-17(2)20-10-8-19(9-11-20)16-24-22(25)21-12-6-18(7-13-21)14-15-23(3,4)5/h6-15,17H,16H2,1-5H3,(H,24,25). The Morgan fingerprint density at radius 2 is 1.60 bits per heavy atom. The van der Waals surface area contributed by atoms with Crippen LogP contribution >= 0.6 is 0 Å². The Bertz CT molecular complexity index is 716. The smallest absolute Gasteiger partial charge is 0.251 e. The second-order valence-electron chi connectivity index (χ2n) is 7.90. The molecule has 0 saturated carbocycles. The molecule has 0 unspecified atom stereocenters. The summed E-state index contributed by atoms with van der Waals surface area (Å²) in [5, 5.41) is 2.98. The Morgan fingerprint density at radius 3 is 2.12 bits per heavy atom. The molecule has 132 valence electrons. The molecule has 25 heavy (non-hydrogen) atoms. The summed E-state index contributed by atoms with van der Waals surface area (Å²) in [5.74, 6) is 0.480. The molecule has 0 fully saturated rings. The first-order valence-electron chi connectivity index (χ1n) is 8.91. The van der Waals surface area contributed by atoms with Crippen LogP contribution in [-0.4, -0.2) is 5.91 Å². The third kappa shape index (κ3) is 6.22. The van der Waals surface area contributed by atoms with E-state index in [4.69, 9.17) is 0 Å². The molecular formula is C23H29NO. The lowest BCUT2D eigenvalue weighted by atomic mass is 9.95. The zero-order valence-corrected chi connectivity index (χ0v) is 16.0. The maximum absolute atomic E-state index is 12.3. The first-order chi connectivity index (χ1) is 11.7. The number of rotatable bonds is 5. The van der Waals surface area contributed by atoms with E-state index < -0.39 is 0 Å². The maximum Gasteiger partial charge on any atom is 0.251 e. The van der Waals surface area contributed by atoms with Gasteiger partial charge in [-0.05, 0) is 40.2 Å². The van der Waals surface area contributed by atoms with E-state index in [0.717, 1.165) is 11.1 Å². The van der Waals surface area contributed by atoms with Crippen LogP contribution in [0.1, 0.15) is 67.6 Å². The molecule has 0 saturated heterocycles. The molecular weight excluding hydrogens is 306 g/mol. The minimum absolute atomic E-state index is 0.0423. The lowest BCUT2D eigenvalue weighted by Gasteiger charge is -2.11. The monoisotopic (exact) mass is 335 g/mol. The molecule has 0 radical (unpaired) electrons. The van der Waals surface area contributed by atoms with Gasteiger partial charge in [-0.1, -0.05) is 83.2 Å². The number of hydrogen-bond donors (Lipinski definition) is 1. The second-order valence-corrected chi connectivity index (χ2v) is 7.90. The molecule has 1 amide bonds. The van der Waals surface area contributed by atoms with E-state index in [9.17, 15) is 4.79 Å². The topological polar surface area (TPSA) is 29.1 Å². The molecule has 0 spiro atoms. The van der Waals surface area contributed by atoms with Gasteiger partial charge in [-0.15, -0.1) is 0 Å². The summed E-state index contributed by atoms with van der Waals surface area (Å²) in [6.45, 7) is 11.4. The summed E-state index contributed by atoms with van der Waals surface area (Å²) in [4.78, 5) is 12.3. The van der Waals surface area contributed by atoms with Crippen LogP contribution in [0, 0.1) is 5.41 Å². The van der Waals surface area contributed by atoms with Gasteiger partial charge in [0.2, 0.25) is 0 Å². The first kappa shape index (κ1) is 19.0. The first-order valence-corrected chi connectivity index (χ1v) is 8.91. The molecule has 2 aromatic rings. The van der Waals surface area contributed by atoms with Gasteiger partial charge in [-0.2, -0.15) is 0 Å². The molecule has 2 heteroatoms. The number of benzene rings is 2. The van der Waals surface area contributed by atoms with E-state index in [1.807, 2.05) is 24.3 Å². The molecule has 0 atom stereocenters. The molecule has 0 aliphatic carbocycles. The molecule has 0 aliphatic rings. The van der Waals surface area contributed by atoms with Crippen LogP contribution in [0.5, 0.6) is 0 Å². The quantitative estimate of drug-likeness (QED) is 0.735. The van der Waals surface area contributed by atoms with Gasteiger partial charge in [0.1, 0.15) is 0 Å². The van der Waals surface area contributed by atoms with Crippen LogP contribution in [0.4, 0.5) is 0 Å². The largest absolute Gasteiger partial charge is 0.348 e. The van der Waals surface area contributed by atoms with Gasteiger partial charge in [0.15, 0.2) is 0 Å². The highest BCUT2D eigenvalue weighted by Gasteiger charge is 2.06. The SMILES string of the molecule is CC(C)c1ccc(CNC(=O)c2ccc(C=CC(C)(C)C)cc2)cc1. The van der Waals surface area contributed by atoms with Crippen molar-refractivity contribution in [3.8, 4) is 0 Å². The van der Waals surface area contributed by atoms with Gasteiger partial charge in [0.25, 0.3) is 5.91 Å². The lowest BCUT2D eigenvalue weighted by molar-refractivity contribution is 0.0951. The molecule has 0 heterocycles. The molecule has 2 rings (SSSR count). The number of amides is 1. The zero-order valence-electron chi connectivity index (χ0n) is 16.0. The third-order valence-electron chi connectivity index (χ3n) is 4.05. The summed E-state index contributed by atoms with van der Waals surface area (Å²) in [6, 6.07) is 16.1. The van der Waals surface area contributed by atoms with Crippen molar-refractivity contribution in [3.63, 3.8) is 0 Å². The minimum atomic E-state index is -0.0423. The number of carbonyl (C=O) groups is 1. The van der Waals surface area contributed by atoms with Gasteiger partial charge in [0, 0.05) is 12.1 Å². The highest BCUT2D eigenvalue weighted by Crippen LogP contribution is 2.17. The number of allylic oxidation sites excluding steroid dienone is 1. The number of carbonyl (C=O) groups excluding carboxylic acids is 1. The van der Waals surface area contributed by atoms with Crippen LogP contribution in [0.3, 0.4) is 0 Å². The molecule has 0 bridgehead atoms. The third-order valence-corrected chi connectivity index (χ3v) is 4.05. The summed E-state index contributed by atoms with van der Waals surface area (Å²) in [5.41, 5.74) is 4.38. The Morgan fingerprint density at radius 1 is 1.00 bits per heavy atom. The second kappa shape index (κ2) is 8.15. The fraction of sp³-hybridized carbons (Fsp3) is 0.348. The molecule has 2 nitrogen and oxygen atoms in total. The van der Waals surface area contributed by atoms with E-state index in [-0.39, 0.29) is 11.3 Å². The Balaban J connectivity index is 1.93. The van der Waals surface area contributed by atoms with Crippen LogP contribution in [0.2, 0.25) is 0 Å². The fourth-order valence-electron chi connectivity index (χ4n) is 2.40. The van der Waals surface area contributed by atoms with E-state index in [0.29, 0.717) is 18.0 Å². The summed E-state index contributed by atoms with van der Waals surface area (Å²) in [7, 11) is 0. The van der Waals surface area contributed by atoms with Gasteiger partial charge in [-0.25, -0.2) is 0 Å². The van der Waals surface area contributed by atoms with Crippen molar-refractivity contribution in [1.82, 2.24) is 5.32 Å². The molecule has 0 aliphatic heterocycles. The van der Waals surface area contributed by atoms with E-state index in [1.165, 1.54) is 5.56 Å². The number of hydrogen-bond acceptors (Lipinski definition) is 1. The minimum Gasteiger partial charge on any atom is -0.348 e. The van der Waals surface area contributed by atoms with Gasteiger partial charge >= 0.3 is 0 Å². The highest BCUT2D eigenvalue weighted by atomic mass is 16.1. The van der Waals surface area contributed by atoms with Crippen LogP contribution in [-0.2, 0) is 6.54 Å². The van der Waals surface area contributed by atoms with Crippen LogP contribution < -0.4 is 5.32 Å². The van der Waals surface area contributed by atoms with Crippen molar-refractivity contribution in [2.45, 2.75) is 47.1 Å². The Labute approximate surface area is 152 Å². The molecule has 1 N–H and O–H groups in total. The number of nitrogens with one attached hydrogen (secondary N) is 1. The van der Waals surface area contributed by atoms with E-state index >= 15 is 0 Å². The predicted molar refractivity (Wildman–Crippen MR) is 107 cm³/mol. The van der Waals surface area contributed by atoms with Crippen molar-refractivity contribution in [3.05, 3.63) is 76.9 Å². The Kier molecular flexibility index (Phi) is 6.19. The maximum atomic E-state index is 12.3.